The molecule has 0 spiro atoms. The quantitative estimate of drug-likeness (QED) is 0.567. The minimum Gasteiger partial charge on any atom is -0.486 e. The predicted octanol–water partition coefficient (Wildman–Crippen LogP) is 3.19. The molecule has 1 N–H and O–H groups in total. The van der Waals surface area contributed by atoms with Crippen molar-refractivity contribution in [3.8, 4) is 5.75 Å². The maximum Gasteiger partial charge on any atom is 0.291 e. The van der Waals surface area contributed by atoms with Crippen LogP contribution >= 0.6 is 0 Å². The fourth-order valence-corrected chi connectivity index (χ4v) is 4.77. The van der Waals surface area contributed by atoms with Gasteiger partial charge in [0.05, 0.1) is 4.90 Å². The van der Waals surface area contributed by atoms with Crippen molar-refractivity contribution in [3.63, 3.8) is 0 Å². The van der Waals surface area contributed by atoms with Crippen molar-refractivity contribution in [1.82, 2.24) is 9.21 Å². The number of sulfonamides is 1. The lowest BCUT2D eigenvalue weighted by Crippen LogP contribution is -2.46. The van der Waals surface area contributed by atoms with Gasteiger partial charge in [-0.15, -0.1) is 0 Å². The first-order chi connectivity index (χ1) is 15.8. The van der Waals surface area contributed by atoms with Crippen molar-refractivity contribution in [2.45, 2.75) is 11.5 Å². The average Bonchev–Trinajstić information content (AvgIpc) is 3.29. The normalized spacial score (nSPS) is 15.3. The number of piperazine rings is 1. The molecule has 2 heterocycles. The van der Waals surface area contributed by atoms with E-state index in [-0.39, 0.29) is 23.1 Å². The molecule has 1 fully saturated rings. The highest BCUT2D eigenvalue weighted by atomic mass is 32.2. The van der Waals surface area contributed by atoms with Crippen LogP contribution in [0.3, 0.4) is 0 Å². The van der Waals surface area contributed by atoms with Gasteiger partial charge < -0.3 is 19.4 Å². The molecule has 2 aromatic carbocycles. The Kier molecular flexibility index (Phi) is 6.77. The average molecular weight is 474 g/mol. The number of likely N-dealkylation sites (N-methyl/N-ethyl adjacent to an activating group) is 1. The lowest BCUT2D eigenvalue weighted by Gasteiger charge is -2.31. The number of carbonyl (C=O) groups excluding carboxylic acids is 1. The van der Waals surface area contributed by atoms with Gasteiger partial charge in [0.2, 0.25) is 10.0 Å². The Morgan fingerprint density at radius 2 is 1.67 bits per heavy atom. The van der Waals surface area contributed by atoms with Gasteiger partial charge >= 0.3 is 0 Å². The molecule has 0 saturated carbocycles. The second-order valence-corrected chi connectivity index (χ2v) is 9.63. The van der Waals surface area contributed by atoms with E-state index in [1.54, 1.807) is 18.2 Å². The third-order valence-corrected chi connectivity index (χ3v) is 7.21. The van der Waals surface area contributed by atoms with Crippen LogP contribution in [0, 0.1) is 5.82 Å². The maximum atomic E-state index is 12.9. The lowest BCUT2D eigenvalue weighted by atomic mass is 10.3. The standard InChI is InChI=1S/C23H24FN3O5S/c1-26-12-14-27(15-13-26)33(29,30)21-9-4-18(5-10-21)25-23(28)22-11-8-20(32-22)16-31-19-6-2-17(24)3-7-19/h2-11H,12-16H2,1H3,(H,25,28). The number of nitrogens with zero attached hydrogens (tertiary/aromatic N) is 2. The van der Waals surface area contributed by atoms with Crippen LogP contribution in [0.25, 0.3) is 0 Å². The monoisotopic (exact) mass is 473 g/mol. The second kappa shape index (κ2) is 9.74. The van der Waals surface area contributed by atoms with E-state index in [1.165, 1.54) is 46.8 Å². The molecule has 174 valence electrons. The Balaban J connectivity index is 1.34. The van der Waals surface area contributed by atoms with E-state index in [0.717, 1.165) is 0 Å². The van der Waals surface area contributed by atoms with Crippen LogP contribution in [0.4, 0.5) is 10.1 Å². The summed E-state index contributed by atoms with van der Waals surface area (Å²) in [6, 6.07) is 14.8. The van der Waals surface area contributed by atoms with Crippen LogP contribution < -0.4 is 10.1 Å². The summed E-state index contributed by atoms with van der Waals surface area (Å²) < 4.78 is 51.0. The Bertz CT molecular complexity index is 1200. The molecule has 0 radical (unpaired) electrons. The van der Waals surface area contributed by atoms with Crippen molar-refractivity contribution >= 4 is 21.6 Å². The van der Waals surface area contributed by atoms with Gasteiger partial charge in [-0.3, -0.25) is 4.79 Å². The molecule has 8 nitrogen and oxygen atoms in total. The predicted molar refractivity (Wildman–Crippen MR) is 120 cm³/mol. The molecule has 0 bridgehead atoms. The molecule has 1 amide bonds. The summed E-state index contributed by atoms with van der Waals surface area (Å²) in [6.07, 6.45) is 0. The van der Waals surface area contributed by atoms with Crippen molar-refractivity contribution in [3.05, 3.63) is 78.0 Å². The lowest BCUT2D eigenvalue weighted by molar-refractivity contribution is 0.0992. The molecule has 1 aliphatic rings. The van der Waals surface area contributed by atoms with Crippen molar-refractivity contribution in [1.29, 1.82) is 0 Å². The zero-order chi connectivity index (χ0) is 23.4. The summed E-state index contributed by atoms with van der Waals surface area (Å²) in [4.78, 5) is 14.7. The largest absolute Gasteiger partial charge is 0.486 e. The van der Waals surface area contributed by atoms with E-state index in [0.29, 0.717) is 43.4 Å². The minimum atomic E-state index is -3.57. The van der Waals surface area contributed by atoms with Crippen molar-refractivity contribution in [2.75, 3.05) is 38.5 Å². The van der Waals surface area contributed by atoms with Crippen LogP contribution in [0.2, 0.25) is 0 Å². The fourth-order valence-electron chi connectivity index (χ4n) is 3.34. The number of ether oxygens (including phenoxy) is 1. The number of hydrogen-bond donors (Lipinski definition) is 1. The number of rotatable bonds is 7. The maximum absolute atomic E-state index is 12.9. The van der Waals surface area contributed by atoms with E-state index in [1.807, 2.05) is 7.05 Å². The summed E-state index contributed by atoms with van der Waals surface area (Å²) in [7, 11) is -1.61. The molecular formula is C23H24FN3O5S. The van der Waals surface area contributed by atoms with Crippen LogP contribution in [0.15, 0.2) is 70.0 Å². The van der Waals surface area contributed by atoms with Crippen molar-refractivity contribution < 1.29 is 26.8 Å². The van der Waals surface area contributed by atoms with Gasteiger partial charge in [0.1, 0.15) is 23.9 Å². The summed E-state index contributed by atoms with van der Waals surface area (Å²) in [6.45, 7) is 2.35. The molecule has 0 atom stereocenters. The first-order valence-corrected chi connectivity index (χ1v) is 11.8. The summed E-state index contributed by atoms with van der Waals surface area (Å²) in [5.74, 6) is 0.160. The number of furan rings is 1. The number of halogens is 1. The highest BCUT2D eigenvalue weighted by molar-refractivity contribution is 7.89. The number of benzene rings is 2. The van der Waals surface area contributed by atoms with Gasteiger partial charge in [-0.05, 0) is 67.7 Å². The summed E-state index contributed by atoms with van der Waals surface area (Å²) in [5.41, 5.74) is 0.442. The number of hydrogen-bond acceptors (Lipinski definition) is 6. The second-order valence-electron chi connectivity index (χ2n) is 7.69. The van der Waals surface area contributed by atoms with Gasteiger partial charge in [0, 0.05) is 31.9 Å². The van der Waals surface area contributed by atoms with Gasteiger partial charge in [0.25, 0.3) is 5.91 Å². The number of amides is 1. The topological polar surface area (TPSA) is 92.1 Å². The molecule has 0 unspecified atom stereocenters. The summed E-state index contributed by atoms with van der Waals surface area (Å²) in [5, 5.41) is 2.69. The van der Waals surface area contributed by atoms with Crippen LogP contribution in [0.1, 0.15) is 16.3 Å². The molecule has 4 rings (SSSR count). The van der Waals surface area contributed by atoms with Gasteiger partial charge in [-0.2, -0.15) is 4.31 Å². The number of anilines is 1. The Labute approximate surface area is 191 Å². The third kappa shape index (κ3) is 5.59. The van der Waals surface area contributed by atoms with Crippen LogP contribution in [-0.4, -0.2) is 56.8 Å². The van der Waals surface area contributed by atoms with Gasteiger partial charge in [-0.1, -0.05) is 0 Å². The Morgan fingerprint density at radius 3 is 2.33 bits per heavy atom. The first-order valence-electron chi connectivity index (χ1n) is 10.4. The third-order valence-electron chi connectivity index (χ3n) is 5.29. The zero-order valence-electron chi connectivity index (χ0n) is 18.0. The van der Waals surface area contributed by atoms with E-state index >= 15 is 0 Å². The smallest absolute Gasteiger partial charge is 0.291 e. The van der Waals surface area contributed by atoms with Gasteiger partial charge in [0.15, 0.2) is 5.76 Å². The molecule has 1 saturated heterocycles. The number of carbonyl (C=O) groups is 1. The fraction of sp³-hybridized carbons (Fsp3) is 0.261. The van der Waals surface area contributed by atoms with Crippen molar-refractivity contribution in [2.24, 2.45) is 0 Å². The van der Waals surface area contributed by atoms with Crippen LogP contribution in [-0.2, 0) is 16.6 Å². The minimum absolute atomic E-state index is 0.0811. The SMILES string of the molecule is CN1CCN(S(=O)(=O)c2ccc(NC(=O)c3ccc(COc4ccc(F)cc4)o3)cc2)CC1. The molecule has 33 heavy (non-hydrogen) atoms. The molecule has 0 aliphatic carbocycles. The van der Waals surface area contributed by atoms with E-state index in [4.69, 9.17) is 9.15 Å². The molecule has 1 aromatic heterocycles. The van der Waals surface area contributed by atoms with E-state index in [2.05, 4.69) is 10.2 Å². The molecule has 3 aromatic rings. The zero-order valence-corrected chi connectivity index (χ0v) is 18.8. The molecule has 10 heteroatoms. The molecule has 1 aliphatic heterocycles. The highest BCUT2D eigenvalue weighted by Gasteiger charge is 2.27. The van der Waals surface area contributed by atoms with E-state index in [9.17, 15) is 17.6 Å². The van der Waals surface area contributed by atoms with E-state index < -0.39 is 15.9 Å². The summed E-state index contributed by atoms with van der Waals surface area (Å²) >= 11 is 0. The Hall–Kier alpha value is -3.21. The first kappa shape index (κ1) is 23.0. The van der Waals surface area contributed by atoms with Crippen LogP contribution in [0.5, 0.6) is 5.75 Å². The van der Waals surface area contributed by atoms with Gasteiger partial charge in [-0.25, -0.2) is 12.8 Å². The molecular weight excluding hydrogens is 449 g/mol. The highest BCUT2D eigenvalue weighted by Crippen LogP contribution is 2.21. The number of nitrogens with one attached hydrogen (secondary N) is 1. The Morgan fingerprint density at radius 1 is 1.00 bits per heavy atom.